The summed E-state index contributed by atoms with van der Waals surface area (Å²) in [6, 6.07) is 0. The highest BCUT2D eigenvalue weighted by atomic mass is 127. The maximum Gasteiger partial charge on any atom is 0.469 e. The molecule has 52 heteroatoms. The van der Waals surface area contributed by atoms with Gasteiger partial charge in [0.15, 0.2) is 33.2 Å². The van der Waals surface area contributed by atoms with Crippen LogP contribution in [0.5, 0.6) is 0 Å². The molecule has 46 nitrogen and oxygen atoms in total. The van der Waals surface area contributed by atoms with Crippen molar-refractivity contribution in [2.45, 2.75) is 171 Å². The van der Waals surface area contributed by atoms with Crippen molar-refractivity contribution in [3.63, 3.8) is 0 Å². The third-order valence-corrected chi connectivity index (χ3v) is 22.6. The Balaban J connectivity index is 0.000000242. The Bertz CT molecular complexity index is 3850. The number of rotatable bonds is 21. The minimum atomic E-state index is -4.80. The second-order valence-electron chi connectivity index (χ2n) is 23.7. The number of aliphatic hydroxyl groups is 8. The van der Waals surface area contributed by atoms with E-state index >= 15 is 0 Å². The highest BCUT2D eigenvalue weighted by Gasteiger charge is 2.49. The van der Waals surface area contributed by atoms with Gasteiger partial charge in [-0.1, -0.05) is 27.7 Å². The van der Waals surface area contributed by atoms with Crippen LogP contribution in [0.25, 0.3) is 0 Å². The SMILES string of the molecule is CC(C)(C)[Si](C)(C)OCc1cn([C@@H]2O[C@H](COP(=O)(O)O)C(O)[C@H]2O)c(=O)nc1N.CCc1cn([C@@H]2O[C@H](COP(=O)(O)O)C(O)[C@H]2O)c(=O)nc1NC(C)=O.Cc1cn([C@@H]2O[C@H](COP(=O)(O)O)C(O)[C@H]2O)c(=O)nc1N.Nc1nc(=O)n([C@@H]2O[C@H](COP(=O)(O)O)C(O)[C@H]2O)cc1I. The van der Waals surface area contributed by atoms with Crippen LogP contribution >= 0.6 is 53.9 Å². The number of hydrogen-bond donors (Lipinski definition) is 20. The zero-order chi connectivity index (χ0) is 76.0. The summed E-state index contributed by atoms with van der Waals surface area (Å²) in [7, 11) is -21.2. The first-order chi connectivity index (χ1) is 45.8. The Labute approximate surface area is 578 Å². The first-order valence-corrected chi connectivity index (χ1v) is 39.0. The number of nitrogens with two attached hydrogens (primary N) is 3. The van der Waals surface area contributed by atoms with E-state index in [1.165, 1.54) is 31.7 Å². The molecule has 4 fully saturated rings. The zero-order valence-electron chi connectivity index (χ0n) is 53.8. The molecule has 100 heavy (non-hydrogen) atoms. The van der Waals surface area contributed by atoms with Crippen molar-refractivity contribution in [1.29, 1.82) is 0 Å². The number of halogens is 1. The average molecular weight is 1650 g/mol. The van der Waals surface area contributed by atoms with Crippen molar-refractivity contribution < 1.29 is 145 Å². The third-order valence-electron chi connectivity index (χ3n) is 15.3. The highest BCUT2D eigenvalue weighted by Crippen LogP contribution is 2.43. The molecule has 23 N–H and O–H groups in total. The van der Waals surface area contributed by atoms with Gasteiger partial charge in [0, 0.05) is 48.4 Å². The molecule has 4 unspecified atom stereocenters. The van der Waals surface area contributed by atoms with Crippen molar-refractivity contribution in [3.05, 3.63) is 87.0 Å². The highest BCUT2D eigenvalue weighted by molar-refractivity contribution is 14.1. The van der Waals surface area contributed by atoms with Crippen LogP contribution in [0.4, 0.5) is 23.3 Å². The molecule has 8 heterocycles. The lowest BCUT2D eigenvalue weighted by atomic mass is 10.1. The van der Waals surface area contributed by atoms with Gasteiger partial charge < -0.3 is 126 Å². The predicted molar refractivity (Wildman–Crippen MR) is 346 cm³/mol. The van der Waals surface area contributed by atoms with Gasteiger partial charge in [0.1, 0.15) is 96.5 Å². The lowest BCUT2D eigenvalue weighted by molar-refractivity contribution is -0.114. The lowest BCUT2D eigenvalue weighted by Gasteiger charge is -2.36. The summed E-state index contributed by atoms with van der Waals surface area (Å²) in [6.45, 7) is 12.3. The van der Waals surface area contributed by atoms with Crippen molar-refractivity contribution in [1.82, 2.24) is 38.2 Å². The van der Waals surface area contributed by atoms with Crippen molar-refractivity contribution in [3.8, 4) is 0 Å². The average Bonchev–Trinajstić information content (AvgIpc) is 1.64. The fraction of sp³-hybridized carbons (Fsp3) is 0.646. The van der Waals surface area contributed by atoms with E-state index in [2.05, 4.69) is 77.2 Å². The molecule has 4 aromatic heterocycles. The van der Waals surface area contributed by atoms with Gasteiger partial charge in [-0.15, -0.1) is 0 Å². The van der Waals surface area contributed by atoms with Crippen LogP contribution in [0.1, 0.15) is 76.2 Å². The van der Waals surface area contributed by atoms with Gasteiger partial charge in [-0.2, -0.15) is 19.9 Å². The van der Waals surface area contributed by atoms with Crippen LogP contribution in [-0.2, 0) is 77.6 Å². The van der Waals surface area contributed by atoms with Crippen LogP contribution in [0.15, 0.2) is 44.0 Å². The van der Waals surface area contributed by atoms with Gasteiger partial charge in [0.25, 0.3) is 0 Å². The summed E-state index contributed by atoms with van der Waals surface area (Å²) in [5, 5.41) is 82.5. The van der Waals surface area contributed by atoms with E-state index < -0.39 is 193 Å². The molecule has 0 bridgehead atoms. The van der Waals surface area contributed by atoms with Crippen LogP contribution in [0, 0.1) is 10.5 Å². The first-order valence-electron chi connectivity index (χ1n) is 28.9. The van der Waals surface area contributed by atoms with E-state index in [1.807, 2.05) is 22.6 Å². The van der Waals surface area contributed by atoms with Crippen LogP contribution in [0.2, 0.25) is 18.1 Å². The Morgan fingerprint density at radius 1 is 0.530 bits per heavy atom. The number of nitrogens with zero attached hydrogens (tertiary/aromatic N) is 8. The lowest BCUT2D eigenvalue weighted by Crippen LogP contribution is -2.41. The monoisotopic (exact) mass is 1650 g/mol. The largest absolute Gasteiger partial charge is 0.469 e. The molecule has 4 saturated heterocycles. The summed E-state index contributed by atoms with van der Waals surface area (Å²) < 4.78 is 91.6. The molecule has 566 valence electrons. The van der Waals surface area contributed by atoms with Crippen LogP contribution in [-0.4, -0.2) is 232 Å². The minimum Gasteiger partial charge on any atom is -0.412 e. The number of anilines is 4. The smallest absolute Gasteiger partial charge is 0.412 e. The van der Waals surface area contributed by atoms with E-state index in [1.54, 1.807) is 13.8 Å². The van der Waals surface area contributed by atoms with Crippen molar-refractivity contribution in [2.75, 3.05) is 48.9 Å². The number of nitrogens with one attached hydrogen (secondary N) is 1. The minimum absolute atomic E-state index is 0.0104. The van der Waals surface area contributed by atoms with Gasteiger partial charge in [0.2, 0.25) is 5.91 Å². The second kappa shape index (κ2) is 34.4. The molecular formula is C48H79IN12O34P4Si. The van der Waals surface area contributed by atoms with Gasteiger partial charge >= 0.3 is 54.0 Å². The molecule has 4 aliphatic rings. The summed E-state index contributed by atoms with van der Waals surface area (Å²) in [5.74, 6) is -0.321. The quantitative estimate of drug-likeness (QED) is 0.0210. The fourth-order valence-electron chi connectivity index (χ4n) is 8.99. The number of hydrogen-bond acceptors (Lipinski definition) is 33. The van der Waals surface area contributed by atoms with Crippen LogP contribution < -0.4 is 45.3 Å². The van der Waals surface area contributed by atoms with Crippen molar-refractivity contribution in [2.24, 2.45) is 0 Å². The molecule has 16 atom stereocenters. The molecule has 8 rings (SSSR count). The molecule has 1 amide bonds. The third kappa shape index (κ3) is 23.4. The summed E-state index contributed by atoms with van der Waals surface area (Å²) in [4.78, 5) is 143. The Morgan fingerprint density at radius 3 is 1.15 bits per heavy atom. The first kappa shape index (κ1) is 85.9. The molecule has 0 aromatic carbocycles. The molecular weight excluding hydrogens is 1570 g/mol. The van der Waals surface area contributed by atoms with E-state index in [9.17, 15) is 83.1 Å². The number of aliphatic hydroxyl groups excluding tert-OH is 8. The van der Waals surface area contributed by atoms with Gasteiger partial charge in [0.05, 0.1) is 36.6 Å². The molecule has 0 spiro atoms. The van der Waals surface area contributed by atoms with E-state index in [4.69, 9.17) is 79.7 Å². The Hall–Kier alpha value is -4.74. The molecule has 0 saturated carbocycles. The maximum absolute atomic E-state index is 12.3. The molecule has 0 radical (unpaired) electrons. The fourth-order valence-corrected chi connectivity index (χ4v) is 11.7. The number of carbonyl (C=O) groups is 1. The number of ether oxygens (including phenoxy) is 4. The van der Waals surface area contributed by atoms with E-state index in [0.717, 1.165) is 18.3 Å². The number of amides is 1. The summed E-state index contributed by atoms with van der Waals surface area (Å²) >= 11 is 1.82. The van der Waals surface area contributed by atoms with E-state index in [0.29, 0.717) is 26.7 Å². The standard InChI is InChI=1S/C16H30N3O9PSi.C13H20N3O9P.C10H16N3O8P.C9H13IN3O8P/c1-16(2,3)30(4,5)27-7-9-6-19(15(22)18-13(9)17)14-12(21)11(20)10(28-14)8-26-29(23,24)25;1-3-7-4-16(13(20)15-11(7)14-6(2)17)12-10(19)9(18)8(25-12)5-24-26(21,22)23;1-4-2-13(10(16)12-8(4)11)9-7(15)6(14)5(21-9)3-20-22(17,18)19;10-3-1-13(9(16)12-7(3)11)8-6(15)5(14)4(21-8)2-20-22(17,18)19/h6,10-12,14,20-21H,7-8H2,1-5H3,(H2,17,18,22)(H2,23,24,25);4,8-10,12,18-19H,3,5H2,1-2H3,(H2,21,22,23)(H,14,15,17,20);2,5-7,9,14-15H,3H2,1H3,(H2,11,12,16)(H2,17,18,19);1,4-6,8,14-15H,2H2,(H2,11,12,16)(H2,17,18,19)/t10-,11?,12-,14-;8-,9?,10-,12-;5-,6?,7-,9-;4-,5?,6-,8-/m1111/s1. The number of phosphoric ester groups is 4. The Kier molecular flexibility index (Phi) is 29.6. The number of aryl methyl sites for hydroxylation is 2. The Morgan fingerprint density at radius 2 is 0.830 bits per heavy atom. The number of nitrogen functional groups attached to an aromatic ring is 3. The second-order valence-corrected chi connectivity index (χ2v) is 34.7. The summed E-state index contributed by atoms with van der Waals surface area (Å²) in [6.07, 6.45) is -16.8. The predicted octanol–water partition coefficient (Wildman–Crippen LogP) is -5.41. The van der Waals surface area contributed by atoms with Crippen LogP contribution in [0.3, 0.4) is 0 Å². The van der Waals surface area contributed by atoms with E-state index in [-0.39, 0.29) is 34.9 Å². The topological polar surface area (TPSA) is 722 Å². The molecule has 4 aromatic rings. The maximum atomic E-state index is 12.3. The van der Waals surface area contributed by atoms with Gasteiger partial charge in [-0.25, -0.2) is 37.4 Å². The normalized spacial score (nSPS) is 27.2. The summed E-state index contributed by atoms with van der Waals surface area (Å²) in [5.41, 5.74) is 14.9. The zero-order valence-corrected chi connectivity index (χ0v) is 60.5. The van der Waals surface area contributed by atoms with Gasteiger partial charge in [-0.05, 0) is 54.1 Å². The number of carbonyl (C=O) groups excluding carboxylic acids is 1. The van der Waals surface area contributed by atoms with Crippen molar-refractivity contribution >= 4 is 91.4 Å². The number of aromatic nitrogens is 8. The molecule has 4 aliphatic heterocycles. The number of phosphoric acid groups is 4. The molecule has 0 aliphatic carbocycles. The van der Waals surface area contributed by atoms with Gasteiger partial charge in [-0.3, -0.25) is 41.2 Å².